The molecule has 0 heterocycles. The van der Waals surface area contributed by atoms with Gasteiger partial charge in [0.2, 0.25) is 0 Å². The van der Waals surface area contributed by atoms with Crippen LogP contribution in [0.15, 0.2) is 18.2 Å². The molecular weight excluding hydrogens is 233 g/mol. The van der Waals surface area contributed by atoms with Crippen molar-refractivity contribution in [1.82, 2.24) is 0 Å². The van der Waals surface area contributed by atoms with Crippen LogP contribution in [-0.2, 0) is 6.42 Å². The van der Waals surface area contributed by atoms with Crippen molar-refractivity contribution < 1.29 is 15.0 Å². The lowest BCUT2D eigenvalue weighted by molar-refractivity contribution is -0.384. The Hall–Kier alpha value is -1.40. The number of benzene rings is 1. The normalized spacial score (nSPS) is 11.4. The molecule has 0 aromatic heterocycles. The fourth-order valence-electron chi connectivity index (χ4n) is 1.67. The lowest BCUT2D eigenvalue weighted by atomic mass is 9.74. The third kappa shape index (κ3) is 4.12. The lowest BCUT2D eigenvalue weighted by Gasteiger charge is -2.19. The highest BCUT2D eigenvalue weighted by Crippen LogP contribution is 2.22. The minimum Gasteiger partial charge on any atom is -0.423 e. The van der Waals surface area contributed by atoms with Crippen LogP contribution in [0.5, 0.6) is 0 Å². The molecule has 5 nitrogen and oxygen atoms in total. The average molecular weight is 251 g/mol. The Morgan fingerprint density at radius 1 is 1.33 bits per heavy atom. The number of hydrogen-bond acceptors (Lipinski definition) is 4. The molecule has 0 unspecified atom stereocenters. The summed E-state index contributed by atoms with van der Waals surface area (Å²) < 4.78 is 0. The molecule has 1 aromatic rings. The molecule has 1 aromatic carbocycles. The zero-order valence-electron chi connectivity index (χ0n) is 10.9. The molecule has 0 aliphatic carbocycles. The Balaban J connectivity index is 3.01. The number of nitro groups is 1. The second-order valence-corrected chi connectivity index (χ2v) is 5.57. The maximum absolute atomic E-state index is 10.6. The first-order chi connectivity index (χ1) is 8.20. The summed E-state index contributed by atoms with van der Waals surface area (Å²) in [6.45, 7) is 6.27. The van der Waals surface area contributed by atoms with Crippen LogP contribution < -0.4 is 5.46 Å². The van der Waals surface area contributed by atoms with E-state index in [2.05, 4.69) is 20.8 Å². The fraction of sp³-hybridized carbons (Fsp3) is 0.500. The van der Waals surface area contributed by atoms with Crippen LogP contribution in [0.4, 0.5) is 5.69 Å². The zero-order valence-corrected chi connectivity index (χ0v) is 10.9. The predicted molar refractivity (Wildman–Crippen MR) is 70.7 cm³/mol. The highest BCUT2D eigenvalue weighted by Gasteiger charge is 2.21. The van der Waals surface area contributed by atoms with Crippen LogP contribution in [0.3, 0.4) is 0 Å². The molecule has 1 rings (SSSR count). The molecular formula is C12H18BNO4. The summed E-state index contributed by atoms with van der Waals surface area (Å²) in [5.41, 5.74) is 0.955. The van der Waals surface area contributed by atoms with Crippen molar-refractivity contribution in [2.75, 3.05) is 0 Å². The van der Waals surface area contributed by atoms with E-state index >= 15 is 0 Å². The summed E-state index contributed by atoms with van der Waals surface area (Å²) in [6.07, 6.45) is 1.53. The zero-order chi connectivity index (χ0) is 13.9. The van der Waals surface area contributed by atoms with Gasteiger partial charge in [-0.15, -0.1) is 0 Å². The van der Waals surface area contributed by atoms with E-state index in [1.165, 1.54) is 12.1 Å². The lowest BCUT2D eigenvalue weighted by Crippen LogP contribution is -2.33. The Morgan fingerprint density at radius 3 is 2.39 bits per heavy atom. The fourth-order valence-corrected chi connectivity index (χ4v) is 1.67. The summed E-state index contributed by atoms with van der Waals surface area (Å²) in [4.78, 5) is 10.1. The molecule has 0 atom stereocenters. The molecule has 18 heavy (non-hydrogen) atoms. The minimum atomic E-state index is -1.68. The van der Waals surface area contributed by atoms with Crippen molar-refractivity contribution in [1.29, 1.82) is 0 Å². The van der Waals surface area contributed by atoms with Gasteiger partial charge in [0.05, 0.1) is 4.92 Å². The molecule has 6 heteroatoms. The van der Waals surface area contributed by atoms with Gasteiger partial charge in [0.25, 0.3) is 5.69 Å². The van der Waals surface area contributed by atoms with Crippen LogP contribution >= 0.6 is 0 Å². The number of nitro benzene ring substituents is 1. The molecule has 0 amide bonds. The maximum Gasteiger partial charge on any atom is 0.488 e. The van der Waals surface area contributed by atoms with Gasteiger partial charge in [0.1, 0.15) is 0 Å². The second-order valence-electron chi connectivity index (χ2n) is 5.57. The van der Waals surface area contributed by atoms with Gasteiger partial charge in [-0.05, 0) is 29.3 Å². The van der Waals surface area contributed by atoms with Gasteiger partial charge in [-0.25, -0.2) is 0 Å². The molecule has 2 N–H and O–H groups in total. The van der Waals surface area contributed by atoms with Crippen LogP contribution in [0.2, 0.25) is 0 Å². The van der Waals surface area contributed by atoms with E-state index < -0.39 is 12.0 Å². The Labute approximate surface area is 107 Å². The van der Waals surface area contributed by atoms with Gasteiger partial charge in [-0.1, -0.05) is 26.8 Å². The van der Waals surface area contributed by atoms with Crippen molar-refractivity contribution in [3.63, 3.8) is 0 Å². The number of rotatable bonds is 4. The van der Waals surface area contributed by atoms with Crippen molar-refractivity contribution >= 4 is 18.3 Å². The van der Waals surface area contributed by atoms with Gasteiger partial charge in [-0.2, -0.15) is 0 Å². The molecule has 0 aliphatic rings. The molecule has 0 saturated heterocycles. The van der Waals surface area contributed by atoms with E-state index in [0.717, 1.165) is 12.0 Å². The first kappa shape index (κ1) is 14.7. The van der Waals surface area contributed by atoms with Crippen molar-refractivity contribution in [3.05, 3.63) is 33.9 Å². The van der Waals surface area contributed by atoms with Crippen LogP contribution in [0.1, 0.15) is 32.8 Å². The highest BCUT2D eigenvalue weighted by atomic mass is 16.6. The van der Waals surface area contributed by atoms with E-state index in [0.29, 0.717) is 6.42 Å². The van der Waals surface area contributed by atoms with E-state index in [9.17, 15) is 20.2 Å². The molecule has 0 fully saturated rings. The summed E-state index contributed by atoms with van der Waals surface area (Å²) >= 11 is 0. The summed E-state index contributed by atoms with van der Waals surface area (Å²) in [6, 6.07) is 4.21. The van der Waals surface area contributed by atoms with E-state index in [-0.39, 0.29) is 16.6 Å². The Bertz CT molecular complexity index is 440. The quantitative estimate of drug-likeness (QED) is 0.479. The summed E-state index contributed by atoms with van der Waals surface area (Å²) in [5.74, 6) is 0. The molecule has 98 valence electrons. The number of non-ortho nitro benzene ring substituents is 1. The highest BCUT2D eigenvalue weighted by molar-refractivity contribution is 6.59. The van der Waals surface area contributed by atoms with Gasteiger partial charge in [-0.3, -0.25) is 10.1 Å². The van der Waals surface area contributed by atoms with Gasteiger partial charge in [0, 0.05) is 12.1 Å². The van der Waals surface area contributed by atoms with Crippen LogP contribution in [0.25, 0.3) is 0 Å². The Morgan fingerprint density at radius 2 is 1.94 bits per heavy atom. The average Bonchev–Trinajstić information content (AvgIpc) is 2.24. The molecule has 0 saturated carbocycles. The van der Waals surface area contributed by atoms with Crippen molar-refractivity contribution in [3.8, 4) is 0 Å². The predicted octanol–water partition coefficient (Wildman–Crippen LogP) is 1.25. The smallest absolute Gasteiger partial charge is 0.423 e. The van der Waals surface area contributed by atoms with Crippen LogP contribution in [-0.4, -0.2) is 22.1 Å². The van der Waals surface area contributed by atoms with Gasteiger partial charge >= 0.3 is 7.12 Å². The first-order valence-electron chi connectivity index (χ1n) is 5.84. The third-order valence-electron chi connectivity index (χ3n) is 2.76. The maximum atomic E-state index is 10.6. The molecule has 0 aliphatic heterocycles. The molecule has 0 spiro atoms. The number of hydrogen-bond donors (Lipinski definition) is 2. The summed E-state index contributed by atoms with van der Waals surface area (Å²) in [5, 5.41) is 29.2. The third-order valence-corrected chi connectivity index (χ3v) is 2.76. The van der Waals surface area contributed by atoms with Gasteiger partial charge in [0.15, 0.2) is 0 Å². The summed E-state index contributed by atoms with van der Waals surface area (Å²) in [7, 11) is -1.68. The first-order valence-corrected chi connectivity index (χ1v) is 5.84. The van der Waals surface area contributed by atoms with Gasteiger partial charge < -0.3 is 10.0 Å². The molecule has 0 radical (unpaired) electrons. The second kappa shape index (κ2) is 5.50. The van der Waals surface area contributed by atoms with Crippen molar-refractivity contribution in [2.24, 2.45) is 5.41 Å². The van der Waals surface area contributed by atoms with E-state index in [1.807, 2.05) is 0 Å². The van der Waals surface area contributed by atoms with E-state index in [4.69, 9.17) is 0 Å². The standard InChI is InChI=1S/C12H18BNO4/c1-12(2,3)7-6-9-4-5-10(14(17)18)8-11(9)13(15)16/h4-5,8,15-16H,6-7H2,1-3H3. The molecule has 0 bridgehead atoms. The SMILES string of the molecule is CC(C)(C)CCc1ccc([N+](=O)[O-])cc1B(O)O. The number of nitrogens with zero attached hydrogens (tertiary/aromatic N) is 1. The van der Waals surface area contributed by atoms with Crippen LogP contribution in [0, 0.1) is 15.5 Å². The largest absolute Gasteiger partial charge is 0.488 e. The van der Waals surface area contributed by atoms with Crippen molar-refractivity contribution in [2.45, 2.75) is 33.6 Å². The topological polar surface area (TPSA) is 83.6 Å². The number of aryl methyl sites for hydroxylation is 1. The van der Waals surface area contributed by atoms with E-state index in [1.54, 1.807) is 6.07 Å². The minimum absolute atomic E-state index is 0.124. The Kier molecular flexibility index (Phi) is 4.48. The monoisotopic (exact) mass is 251 g/mol.